The smallest absolute Gasteiger partial charge is 0.305 e. The van der Waals surface area contributed by atoms with Gasteiger partial charge in [0.1, 0.15) is 11.6 Å². The molecule has 0 aliphatic carbocycles. The van der Waals surface area contributed by atoms with Crippen molar-refractivity contribution in [3.8, 4) is 5.69 Å². The van der Waals surface area contributed by atoms with Crippen molar-refractivity contribution in [2.75, 3.05) is 7.05 Å². The fourth-order valence-corrected chi connectivity index (χ4v) is 4.62. The highest BCUT2D eigenvalue weighted by Gasteiger charge is 2.28. The van der Waals surface area contributed by atoms with Gasteiger partial charge in [0.05, 0.1) is 24.3 Å². The molecule has 3 N–H and O–H groups in total. The zero-order valence-corrected chi connectivity index (χ0v) is 22.6. The number of hydrogen-bond donors (Lipinski definition) is 3. The molecule has 0 bridgehead atoms. The van der Waals surface area contributed by atoms with E-state index in [-0.39, 0.29) is 43.2 Å². The third-order valence-electron chi connectivity index (χ3n) is 6.57. The Kier molecular flexibility index (Phi) is 9.93. The molecule has 0 radical (unpaired) electrons. The zero-order chi connectivity index (χ0) is 28.9. The molecule has 1 aromatic heterocycles. The number of benzene rings is 2. The molecule has 0 spiro atoms. The lowest BCUT2D eigenvalue weighted by molar-refractivity contribution is -0.139. The van der Waals surface area contributed by atoms with E-state index in [0.29, 0.717) is 28.1 Å². The van der Waals surface area contributed by atoms with Crippen LogP contribution in [0.15, 0.2) is 42.5 Å². The molecule has 2 aromatic carbocycles. The number of halogens is 2. The molecular weight excluding hydrogens is 508 g/mol. The highest BCUT2D eigenvalue weighted by atomic mass is 19.1. The van der Waals surface area contributed by atoms with E-state index >= 15 is 0 Å². The maximum Gasteiger partial charge on any atom is 0.305 e. The standard InChI is InChI=1S/C29H35F2N3O5/c1-17(2)26-24(13-12-22(35)14-23(36)15-25(37)38)34(21-10-8-20(30)9-11-21)32-28(26)29(39)33(4)16-19-7-5-6-18(3)27(19)31/h5-11,17,22-23,35-36H,12-16H2,1-4H3,(H,37,38)/t22-,23-/m1/s1. The second-order valence-electron chi connectivity index (χ2n) is 10.1. The summed E-state index contributed by atoms with van der Waals surface area (Å²) in [5.74, 6) is -2.55. The largest absolute Gasteiger partial charge is 0.481 e. The number of aromatic nitrogens is 2. The minimum atomic E-state index is -1.20. The average molecular weight is 544 g/mol. The topological polar surface area (TPSA) is 116 Å². The molecule has 0 aliphatic rings. The van der Waals surface area contributed by atoms with Crippen LogP contribution in [0.25, 0.3) is 5.69 Å². The molecule has 0 saturated carbocycles. The minimum absolute atomic E-state index is 0.0306. The van der Waals surface area contributed by atoms with Crippen LogP contribution in [0.5, 0.6) is 0 Å². The zero-order valence-electron chi connectivity index (χ0n) is 22.6. The number of aryl methyl sites for hydroxylation is 1. The van der Waals surface area contributed by atoms with Gasteiger partial charge in [-0.3, -0.25) is 9.59 Å². The van der Waals surface area contributed by atoms with E-state index < -0.39 is 36.3 Å². The maximum atomic E-state index is 14.6. The summed E-state index contributed by atoms with van der Waals surface area (Å²) in [4.78, 5) is 25.9. The second-order valence-corrected chi connectivity index (χ2v) is 10.1. The fraction of sp³-hybridized carbons (Fsp3) is 0.414. The first-order valence-electron chi connectivity index (χ1n) is 12.8. The van der Waals surface area contributed by atoms with Crippen molar-refractivity contribution in [3.05, 3.63) is 82.2 Å². The summed E-state index contributed by atoms with van der Waals surface area (Å²) in [6, 6.07) is 10.6. The molecule has 2 atom stereocenters. The Hall–Kier alpha value is -3.63. The number of nitrogens with zero attached hydrogens (tertiary/aromatic N) is 3. The number of hydrogen-bond acceptors (Lipinski definition) is 5. The summed E-state index contributed by atoms with van der Waals surface area (Å²) in [5, 5.41) is 33.9. The first-order valence-corrected chi connectivity index (χ1v) is 12.8. The Morgan fingerprint density at radius 3 is 2.33 bits per heavy atom. The van der Waals surface area contributed by atoms with Crippen LogP contribution in [-0.2, 0) is 17.8 Å². The number of carboxylic acids is 1. The van der Waals surface area contributed by atoms with Crippen molar-refractivity contribution in [2.24, 2.45) is 0 Å². The second kappa shape index (κ2) is 12.9. The number of carbonyl (C=O) groups is 2. The third-order valence-corrected chi connectivity index (χ3v) is 6.57. The summed E-state index contributed by atoms with van der Waals surface area (Å²) in [6.45, 7) is 5.49. The third kappa shape index (κ3) is 7.48. The van der Waals surface area contributed by atoms with E-state index in [1.165, 1.54) is 29.2 Å². The summed E-state index contributed by atoms with van der Waals surface area (Å²) < 4.78 is 29.8. The van der Waals surface area contributed by atoms with E-state index in [9.17, 15) is 28.6 Å². The van der Waals surface area contributed by atoms with Crippen molar-refractivity contribution >= 4 is 11.9 Å². The van der Waals surface area contributed by atoms with Gasteiger partial charge >= 0.3 is 5.97 Å². The monoisotopic (exact) mass is 543 g/mol. The molecule has 3 rings (SSSR count). The number of rotatable bonds is 12. The Bertz CT molecular complexity index is 1310. The lowest BCUT2D eigenvalue weighted by atomic mass is 9.95. The van der Waals surface area contributed by atoms with Crippen LogP contribution < -0.4 is 0 Å². The summed E-state index contributed by atoms with van der Waals surface area (Å²) >= 11 is 0. The van der Waals surface area contributed by atoms with Gasteiger partial charge in [-0.2, -0.15) is 5.10 Å². The van der Waals surface area contributed by atoms with Crippen molar-refractivity contribution in [1.82, 2.24) is 14.7 Å². The molecule has 10 heteroatoms. The molecule has 0 fully saturated rings. The molecular formula is C29H35F2N3O5. The lowest BCUT2D eigenvalue weighted by Gasteiger charge is -2.19. The van der Waals surface area contributed by atoms with Crippen LogP contribution in [-0.4, -0.2) is 61.1 Å². The van der Waals surface area contributed by atoms with Gasteiger partial charge in [0.15, 0.2) is 5.69 Å². The number of aliphatic carboxylic acids is 1. The molecule has 210 valence electrons. The van der Waals surface area contributed by atoms with Crippen LogP contribution in [0, 0.1) is 18.6 Å². The average Bonchev–Trinajstić information content (AvgIpc) is 3.24. The van der Waals surface area contributed by atoms with Gasteiger partial charge in [-0.05, 0) is 61.9 Å². The van der Waals surface area contributed by atoms with Gasteiger partial charge < -0.3 is 20.2 Å². The van der Waals surface area contributed by atoms with Crippen molar-refractivity contribution in [2.45, 2.75) is 71.1 Å². The maximum absolute atomic E-state index is 14.6. The molecule has 1 amide bonds. The van der Waals surface area contributed by atoms with Gasteiger partial charge in [-0.25, -0.2) is 13.5 Å². The minimum Gasteiger partial charge on any atom is -0.481 e. The van der Waals surface area contributed by atoms with E-state index in [4.69, 9.17) is 5.11 Å². The number of carboxylic acid groups (broad SMARTS) is 1. The number of aliphatic hydroxyl groups is 2. The highest BCUT2D eigenvalue weighted by Crippen LogP contribution is 2.29. The number of carbonyl (C=O) groups excluding carboxylic acids is 1. The molecule has 8 nitrogen and oxygen atoms in total. The van der Waals surface area contributed by atoms with Gasteiger partial charge in [-0.15, -0.1) is 0 Å². The summed E-state index contributed by atoms with van der Waals surface area (Å²) in [6.07, 6.45) is -2.37. The van der Waals surface area contributed by atoms with Crippen LogP contribution in [0.4, 0.5) is 8.78 Å². The van der Waals surface area contributed by atoms with Gasteiger partial charge in [0.25, 0.3) is 5.91 Å². The molecule has 0 aliphatic heterocycles. The predicted molar refractivity (Wildman–Crippen MR) is 142 cm³/mol. The molecule has 0 unspecified atom stereocenters. The van der Waals surface area contributed by atoms with E-state index in [0.717, 1.165) is 0 Å². The quantitative estimate of drug-likeness (QED) is 0.312. The van der Waals surface area contributed by atoms with Gasteiger partial charge in [-0.1, -0.05) is 32.0 Å². The Morgan fingerprint density at radius 2 is 1.72 bits per heavy atom. The molecule has 39 heavy (non-hydrogen) atoms. The van der Waals surface area contributed by atoms with Gasteiger partial charge in [0.2, 0.25) is 0 Å². The summed E-state index contributed by atoms with van der Waals surface area (Å²) in [7, 11) is 1.57. The van der Waals surface area contributed by atoms with Crippen LogP contribution >= 0.6 is 0 Å². The molecule has 0 saturated heterocycles. The van der Waals surface area contributed by atoms with E-state index in [1.54, 1.807) is 36.9 Å². The first kappa shape index (κ1) is 29.9. The van der Waals surface area contributed by atoms with Crippen molar-refractivity contribution < 1.29 is 33.7 Å². The number of amides is 1. The lowest BCUT2D eigenvalue weighted by Crippen LogP contribution is -2.28. The van der Waals surface area contributed by atoms with Gasteiger partial charge in [0, 0.05) is 30.4 Å². The van der Waals surface area contributed by atoms with Crippen molar-refractivity contribution in [1.29, 1.82) is 0 Å². The number of aliphatic hydroxyl groups excluding tert-OH is 2. The van der Waals surface area contributed by atoms with Crippen LogP contribution in [0.3, 0.4) is 0 Å². The fourth-order valence-electron chi connectivity index (χ4n) is 4.62. The molecule has 3 aromatic rings. The SMILES string of the molecule is Cc1cccc(CN(C)C(=O)c2nn(-c3ccc(F)cc3)c(CC[C@@H](O)C[C@@H](O)CC(=O)O)c2C(C)C)c1F. The van der Waals surface area contributed by atoms with Crippen LogP contribution in [0.1, 0.15) is 71.9 Å². The van der Waals surface area contributed by atoms with E-state index in [2.05, 4.69) is 5.10 Å². The Morgan fingerprint density at radius 1 is 1.05 bits per heavy atom. The predicted octanol–water partition coefficient (Wildman–Crippen LogP) is 4.37. The Balaban J connectivity index is 1.97. The molecule has 1 heterocycles. The summed E-state index contributed by atoms with van der Waals surface area (Å²) in [5.41, 5.74) is 2.80. The normalized spacial score (nSPS) is 12.9. The highest BCUT2D eigenvalue weighted by molar-refractivity contribution is 5.94. The Labute approximate surface area is 226 Å². The first-order chi connectivity index (χ1) is 18.4. The van der Waals surface area contributed by atoms with Crippen molar-refractivity contribution in [3.63, 3.8) is 0 Å². The van der Waals surface area contributed by atoms with Crippen LogP contribution in [0.2, 0.25) is 0 Å². The van der Waals surface area contributed by atoms with E-state index in [1.807, 2.05) is 13.8 Å².